The van der Waals surface area contributed by atoms with Crippen molar-refractivity contribution in [2.75, 3.05) is 6.61 Å². The Bertz CT molecular complexity index is 1280. The van der Waals surface area contributed by atoms with Crippen LogP contribution in [0.5, 0.6) is 11.5 Å². The van der Waals surface area contributed by atoms with Gasteiger partial charge in [0, 0.05) is 0 Å². The molecule has 4 nitrogen and oxygen atoms in total. The van der Waals surface area contributed by atoms with Gasteiger partial charge in [-0.2, -0.15) is 0 Å². The number of carbonyl (C=O) groups is 1. The Kier molecular flexibility index (Phi) is 8.89. The van der Waals surface area contributed by atoms with Gasteiger partial charge >= 0.3 is 5.97 Å². The van der Waals surface area contributed by atoms with E-state index < -0.39 is 0 Å². The highest BCUT2D eigenvalue weighted by Gasteiger charge is 2.36. The van der Waals surface area contributed by atoms with E-state index in [-0.39, 0.29) is 29.1 Å². The van der Waals surface area contributed by atoms with Gasteiger partial charge in [0.15, 0.2) is 21.3 Å². The molecule has 0 unspecified atom stereocenters. The smallest absolute Gasteiger partial charge is 0.344 e. The average molecular weight is 540 g/mol. The molecule has 0 heterocycles. The number of rotatable bonds is 11. The maximum atomic E-state index is 12.3. The van der Waals surface area contributed by atoms with Crippen molar-refractivity contribution < 1.29 is 19.0 Å². The molecule has 0 amide bonds. The maximum Gasteiger partial charge on any atom is 0.344 e. The van der Waals surface area contributed by atoms with Crippen molar-refractivity contribution in [1.82, 2.24) is 0 Å². The molecular formula is C34H35O4S+. The largest absolute Gasteiger partial charge is 0.489 e. The van der Waals surface area contributed by atoms with Crippen LogP contribution in [0.1, 0.15) is 44.6 Å². The molecule has 1 saturated carbocycles. The van der Waals surface area contributed by atoms with E-state index in [1.807, 2.05) is 36.4 Å². The Morgan fingerprint density at radius 3 is 1.77 bits per heavy atom. The van der Waals surface area contributed by atoms with Crippen LogP contribution in [0.2, 0.25) is 0 Å². The minimum atomic E-state index is -0.294. The molecule has 0 bridgehead atoms. The van der Waals surface area contributed by atoms with Crippen LogP contribution < -0.4 is 9.47 Å². The number of benzene rings is 4. The average Bonchev–Trinajstić information content (AvgIpc) is 3.46. The predicted octanol–water partition coefficient (Wildman–Crippen LogP) is 8.01. The van der Waals surface area contributed by atoms with E-state index in [0.717, 1.165) is 43.4 Å². The van der Waals surface area contributed by atoms with Gasteiger partial charge in [-0.15, -0.1) is 0 Å². The van der Waals surface area contributed by atoms with E-state index in [2.05, 4.69) is 79.7 Å². The van der Waals surface area contributed by atoms with E-state index in [9.17, 15) is 4.79 Å². The lowest BCUT2D eigenvalue weighted by Gasteiger charge is -2.27. The van der Waals surface area contributed by atoms with Gasteiger partial charge in [-0.05, 0) is 98.3 Å². The zero-order valence-electron chi connectivity index (χ0n) is 22.4. The second-order valence-electron chi connectivity index (χ2n) is 9.84. The van der Waals surface area contributed by atoms with Crippen molar-refractivity contribution in [2.45, 2.75) is 65.9 Å². The fraction of sp³-hybridized carbons (Fsp3) is 0.265. The molecule has 4 aromatic rings. The molecule has 1 fully saturated rings. The molecular weight excluding hydrogens is 504 g/mol. The van der Waals surface area contributed by atoms with Crippen LogP contribution in [0.15, 0.2) is 124 Å². The summed E-state index contributed by atoms with van der Waals surface area (Å²) in [6.45, 7) is 2.46. The Morgan fingerprint density at radius 2 is 1.21 bits per heavy atom. The van der Waals surface area contributed by atoms with E-state index in [4.69, 9.17) is 14.2 Å². The Balaban J connectivity index is 1.15. The van der Waals surface area contributed by atoms with Crippen LogP contribution >= 0.6 is 0 Å². The van der Waals surface area contributed by atoms with Gasteiger partial charge in [-0.1, -0.05) is 55.5 Å². The number of esters is 1. The Hall–Kier alpha value is -3.70. The van der Waals surface area contributed by atoms with E-state index in [0.29, 0.717) is 12.4 Å². The van der Waals surface area contributed by atoms with Gasteiger partial charge in [0.05, 0.1) is 10.9 Å². The zero-order chi connectivity index (χ0) is 26.9. The standard InChI is InChI=1S/C34H35O4S/c1-2-34(23-9-10-24-34)38-33(35)26-37-28-17-15-27(16-18-28)25-36-29-19-21-32(22-20-29)39(30-11-5-3-6-12-30)31-13-7-4-8-14-31/h3-8,11-22H,2,9-10,23-26H2,1H3/q+1. The first-order valence-corrected chi connectivity index (χ1v) is 14.9. The topological polar surface area (TPSA) is 44.8 Å². The lowest BCUT2D eigenvalue weighted by Crippen LogP contribution is -2.33. The summed E-state index contributed by atoms with van der Waals surface area (Å²) in [4.78, 5) is 16.1. The Morgan fingerprint density at radius 1 is 0.692 bits per heavy atom. The number of ether oxygens (including phenoxy) is 3. The molecule has 0 aromatic heterocycles. The monoisotopic (exact) mass is 539 g/mol. The first-order chi connectivity index (χ1) is 19.1. The summed E-state index contributed by atoms with van der Waals surface area (Å²) in [7, 11) is -0.178. The van der Waals surface area contributed by atoms with Gasteiger partial charge in [-0.25, -0.2) is 4.79 Å². The van der Waals surface area contributed by atoms with Crippen LogP contribution in [-0.4, -0.2) is 18.2 Å². The van der Waals surface area contributed by atoms with E-state index in [1.54, 1.807) is 0 Å². The third-order valence-corrected chi connectivity index (χ3v) is 9.42. The highest BCUT2D eigenvalue weighted by atomic mass is 32.2. The SMILES string of the molecule is CCC1(OC(=O)COc2ccc(COc3ccc([S+](c4ccccc4)c4ccccc4)cc3)cc2)CCCC1. The minimum absolute atomic E-state index is 0.0719. The Labute approximate surface area is 234 Å². The predicted molar refractivity (Wildman–Crippen MR) is 155 cm³/mol. The summed E-state index contributed by atoms with van der Waals surface area (Å²) in [6, 6.07) is 37.3. The third kappa shape index (κ3) is 7.04. The minimum Gasteiger partial charge on any atom is -0.489 e. The fourth-order valence-electron chi connectivity index (χ4n) is 5.00. The van der Waals surface area contributed by atoms with Crippen LogP contribution in [0.3, 0.4) is 0 Å². The molecule has 5 heteroatoms. The van der Waals surface area contributed by atoms with Gasteiger partial charge < -0.3 is 14.2 Å². The zero-order valence-corrected chi connectivity index (χ0v) is 23.2. The van der Waals surface area contributed by atoms with Crippen LogP contribution in [-0.2, 0) is 27.0 Å². The molecule has 0 radical (unpaired) electrons. The van der Waals surface area contributed by atoms with Crippen molar-refractivity contribution in [1.29, 1.82) is 0 Å². The molecule has 5 rings (SSSR count). The molecule has 200 valence electrons. The van der Waals surface area contributed by atoms with E-state index >= 15 is 0 Å². The maximum absolute atomic E-state index is 12.3. The van der Waals surface area contributed by atoms with Gasteiger partial charge in [0.2, 0.25) is 0 Å². The third-order valence-electron chi connectivity index (χ3n) is 7.19. The summed E-state index contributed by atoms with van der Waals surface area (Å²) in [5.74, 6) is 1.17. The van der Waals surface area contributed by atoms with Crippen molar-refractivity contribution in [2.24, 2.45) is 0 Å². The second-order valence-corrected chi connectivity index (χ2v) is 11.9. The number of hydrogen-bond donors (Lipinski definition) is 0. The van der Waals surface area contributed by atoms with Crippen LogP contribution in [0.4, 0.5) is 0 Å². The summed E-state index contributed by atoms with van der Waals surface area (Å²) in [5.41, 5.74) is 0.739. The van der Waals surface area contributed by atoms with E-state index in [1.165, 1.54) is 14.7 Å². The second kappa shape index (κ2) is 12.9. The summed E-state index contributed by atoms with van der Waals surface area (Å²) in [5, 5.41) is 0. The number of carbonyl (C=O) groups excluding carboxylic acids is 1. The molecule has 0 spiro atoms. The number of hydrogen-bond acceptors (Lipinski definition) is 4. The first-order valence-electron chi connectivity index (χ1n) is 13.6. The van der Waals surface area contributed by atoms with Crippen molar-refractivity contribution in [3.8, 4) is 11.5 Å². The van der Waals surface area contributed by atoms with Crippen molar-refractivity contribution in [3.63, 3.8) is 0 Å². The quantitative estimate of drug-likeness (QED) is 0.143. The molecule has 0 N–H and O–H groups in total. The molecule has 1 aliphatic carbocycles. The molecule has 39 heavy (non-hydrogen) atoms. The molecule has 0 atom stereocenters. The van der Waals surface area contributed by atoms with Crippen molar-refractivity contribution in [3.05, 3.63) is 115 Å². The summed E-state index contributed by atoms with van der Waals surface area (Å²) >= 11 is 0. The fourth-order valence-corrected chi connectivity index (χ4v) is 7.09. The first kappa shape index (κ1) is 26.9. The summed E-state index contributed by atoms with van der Waals surface area (Å²) in [6.07, 6.45) is 5.01. The summed E-state index contributed by atoms with van der Waals surface area (Å²) < 4.78 is 17.5. The molecule has 0 saturated heterocycles. The van der Waals surface area contributed by atoms with Crippen LogP contribution in [0.25, 0.3) is 0 Å². The lowest BCUT2D eigenvalue weighted by molar-refractivity contribution is -0.162. The lowest BCUT2D eigenvalue weighted by atomic mass is 9.99. The normalized spacial score (nSPS) is 14.2. The highest BCUT2D eigenvalue weighted by Crippen LogP contribution is 2.36. The highest BCUT2D eigenvalue weighted by molar-refractivity contribution is 7.97. The van der Waals surface area contributed by atoms with Gasteiger partial charge in [0.25, 0.3) is 0 Å². The van der Waals surface area contributed by atoms with Crippen molar-refractivity contribution >= 4 is 16.9 Å². The van der Waals surface area contributed by atoms with Gasteiger partial charge in [-0.3, -0.25) is 0 Å². The molecule has 4 aromatic carbocycles. The van der Waals surface area contributed by atoms with Crippen LogP contribution in [0, 0.1) is 0 Å². The van der Waals surface area contributed by atoms with Gasteiger partial charge in [0.1, 0.15) is 23.7 Å². The molecule has 1 aliphatic rings. The molecule has 0 aliphatic heterocycles.